The second kappa shape index (κ2) is 10.4. The molecule has 37 heavy (non-hydrogen) atoms. The lowest BCUT2D eigenvalue weighted by Crippen LogP contribution is -2.40. The number of nitrogens with zero attached hydrogens (tertiary/aromatic N) is 2. The molecule has 0 unspecified atom stereocenters. The summed E-state index contributed by atoms with van der Waals surface area (Å²) >= 11 is 2.98. The SMILES string of the molecule is CCOC(=O)C1=C(C)N=c2s/c(=C\c3ccc(SC)cc3)c(=O)n2[C@H]1c1c(OC)ccc2ccccc12. The molecule has 0 bridgehead atoms. The number of hydrogen-bond acceptors (Lipinski definition) is 7. The predicted molar refractivity (Wildman–Crippen MR) is 149 cm³/mol. The second-order valence-electron chi connectivity index (χ2n) is 8.48. The number of aromatic nitrogens is 1. The molecule has 1 aliphatic rings. The van der Waals surface area contributed by atoms with E-state index in [9.17, 15) is 9.59 Å². The minimum atomic E-state index is -0.752. The van der Waals surface area contributed by atoms with E-state index >= 15 is 0 Å². The third-order valence-electron chi connectivity index (χ3n) is 6.35. The molecule has 1 aliphatic heterocycles. The van der Waals surface area contributed by atoms with Crippen molar-refractivity contribution in [1.29, 1.82) is 0 Å². The molecule has 6 nitrogen and oxygen atoms in total. The highest BCUT2D eigenvalue weighted by molar-refractivity contribution is 7.98. The summed E-state index contributed by atoms with van der Waals surface area (Å²) in [5, 5.41) is 1.87. The van der Waals surface area contributed by atoms with E-state index in [1.54, 1.807) is 37.3 Å². The fourth-order valence-electron chi connectivity index (χ4n) is 4.65. The van der Waals surface area contributed by atoms with Crippen LogP contribution in [0, 0.1) is 0 Å². The molecule has 0 fully saturated rings. The highest BCUT2D eigenvalue weighted by Crippen LogP contribution is 2.40. The van der Waals surface area contributed by atoms with Crippen molar-refractivity contribution >= 4 is 45.9 Å². The normalized spacial score (nSPS) is 15.5. The summed E-state index contributed by atoms with van der Waals surface area (Å²) in [4.78, 5) is 33.6. The Labute approximate surface area is 222 Å². The number of hydrogen-bond donors (Lipinski definition) is 0. The lowest BCUT2D eigenvalue weighted by Gasteiger charge is -2.27. The molecule has 188 valence electrons. The van der Waals surface area contributed by atoms with Crippen LogP contribution in [0.3, 0.4) is 0 Å². The summed E-state index contributed by atoms with van der Waals surface area (Å²) in [7, 11) is 1.59. The molecule has 0 aliphatic carbocycles. The third-order valence-corrected chi connectivity index (χ3v) is 8.08. The molecule has 4 aromatic rings. The van der Waals surface area contributed by atoms with Gasteiger partial charge in [-0.05, 0) is 60.7 Å². The number of carbonyl (C=O) groups excluding carboxylic acids is 1. The molecule has 0 N–H and O–H groups in total. The van der Waals surface area contributed by atoms with Crippen molar-refractivity contribution in [3.05, 3.63) is 103 Å². The number of ether oxygens (including phenoxy) is 2. The number of benzene rings is 3. The first-order chi connectivity index (χ1) is 18.0. The van der Waals surface area contributed by atoms with Crippen molar-refractivity contribution in [3.63, 3.8) is 0 Å². The summed E-state index contributed by atoms with van der Waals surface area (Å²) in [6.45, 7) is 3.76. The van der Waals surface area contributed by atoms with Crippen LogP contribution < -0.4 is 19.6 Å². The second-order valence-corrected chi connectivity index (χ2v) is 10.4. The van der Waals surface area contributed by atoms with Crippen LogP contribution in [-0.4, -0.2) is 30.5 Å². The summed E-state index contributed by atoms with van der Waals surface area (Å²) < 4.78 is 13.4. The van der Waals surface area contributed by atoms with Crippen molar-refractivity contribution < 1.29 is 14.3 Å². The highest BCUT2D eigenvalue weighted by atomic mass is 32.2. The summed E-state index contributed by atoms with van der Waals surface area (Å²) in [5.74, 6) is 0.0908. The number of rotatable bonds is 6. The lowest BCUT2D eigenvalue weighted by atomic mass is 9.90. The standard InChI is InChI=1S/C29H26N2O4S2/c1-5-35-28(33)24-17(2)30-29-31(27(32)23(37-29)16-18-10-13-20(36-4)14-11-18)26(24)25-21-9-7-6-8-19(21)12-15-22(25)34-3/h6-16,26H,5H2,1-4H3/b23-16-/t26-/m1/s1. The molecule has 1 atom stereocenters. The summed E-state index contributed by atoms with van der Waals surface area (Å²) in [6.07, 6.45) is 3.90. The van der Waals surface area contributed by atoms with Gasteiger partial charge >= 0.3 is 5.97 Å². The zero-order valence-electron chi connectivity index (χ0n) is 21.0. The zero-order valence-corrected chi connectivity index (χ0v) is 22.6. The van der Waals surface area contributed by atoms with Gasteiger partial charge in [0.05, 0.1) is 29.5 Å². The molecular formula is C29H26N2O4S2. The van der Waals surface area contributed by atoms with Crippen molar-refractivity contribution in [3.8, 4) is 5.75 Å². The Balaban J connectivity index is 1.82. The van der Waals surface area contributed by atoms with Crippen molar-refractivity contribution in [2.75, 3.05) is 20.0 Å². The molecule has 3 aromatic carbocycles. The van der Waals surface area contributed by atoms with Gasteiger partial charge in [-0.1, -0.05) is 53.8 Å². The maximum atomic E-state index is 14.0. The maximum Gasteiger partial charge on any atom is 0.338 e. The van der Waals surface area contributed by atoms with Crippen LogP contribution in [0.5, 0.6) is 5.75 Å². The number of methoxy groups -OCH3 is 1. The van der Waals surface area contributed by atoms with Crippen molar-refractivity contribution in [2.24, 2.45) is 4.99 Å². The van der Waals surface area contributed by atoms with Crippen molar-refractivity contribution in [2.45, 2.75) is 24.8 Å². The van der Waals surface area contributed by atoms with Crippen LogP contribution >= 0.6 is 23.1 Å². The smallest absolute Gasteiger partial charge is 0.338 e. The Morgan fingerprint density at radius 3 is 2.59 bits per heavy atom. The minimum absolute atomic E-state index is 0.214. The van der Waals surface area contributed by atoms with E-state index in [-0.39, 0.29) is 12.2 Å². The van der Waals surface area contributed by atoms with Gasteiger partial charge in [0.1, 0.15) is 11.8 Å². The van der Waals surface area contributed by atoms with Gasteiger partial charge in [0.2, 0.25) is 0 Å². The van der Waals surface area contributed by atoms with Gasteiger partial charge in [-0.2, -0.15) is 0 Å². The quantitative estimate of drug-likeness (QED) is 0.267. The van der Waals surface area contributed by atoms with E-state index in [0.29, 0.717) is 26.4 Å². The van der Waals surface area contributed by atoms with Gasteiger partial charge in [-0.15, -0.1) is 11.8 Å². The Morgan fingerprint density at radius 2 is 1.89 bits per heavy atom. The first-order valence-electron chi connectivity index (χ1n) is 11.9. The average molecular weight is 531 g/mol. The van der Waals surface area contributed by atoms with E-state index < -0.39 is 12.0 Å². The van der Waals surface area contributed by atoms with Gasteiger partial charge < -0.3 is 9.47 Å². The van der Waals surface area contributed by atoms with Gasteiger partial charge in [-0.3, -0.25) is 9.36 Å². The number of allylic oxidation sites excluding steroid dienone is 1. The molecular weight excluding hydrogens is 504 g/mol. The number of thioether (sulfide) groups is 1. The predicted octanol–water partition coefficient (Wildman–Crippen LogP) is 4.68. The number of thiazole rings is 1. The topological polar surface area (TPSA) is 69.9 Å². The number of carbonyl (C=O) groups is 1. The Bertz CT molecular complexity index is 1720. The summed E-state index contributed by atoms with van der Waals surface area (Å²) in [5.41, 5.74) is 2.29. The molecule has 0 amide bonds. The number of fused-ring (bicyclic) bond motifs is 2. The monoisotopic (exact) mass is 530 g/mol. The number of esters is 1. The highest BCUT2D eigenvalue weighted by Gasteiger charge is 2.36. The molecule has 8 heteroatoms. The van der Waals surface area contributed by atoms with Crippen LogP contribution in [0.1, 0.15) is 31.0 Å². The van der Waals surface area contributed by atoms with Crippen LogP contribution in [0.15, 0.2) is 86.6 Å². The molecule has 1 aromatic heterocycles. The average Bonchev–Trinajstić information content (AvgIpc) is 3.21. The molecule has 0 saturated heterocycles. The van der Waals surface area contributed by atoms with Crippen molar-refractivity contribution in [1.82, 2.24) is 4.57 Å². The first kappa shape index (κ1) is 25.0. The van der Waals surface area contributed by atoms with Gasteiger partial charge in [-0.25, -0.2) is 9.79 Å². The van der Waals surface area contributed by atoms with Crippen LogP contribution in [0.25, 0.3) is 16.8 Å². The Morgan fingerprint density at radius 1 is 1.14 bits per heavy atom. The molecule has 2 heterocycles. The molecule has 0 spiro atoms. The Kier molecular flexibility index (Phi) is 7.04. The van der Waals surface area contributed by atoms with Gasteiger partial charge in [0.25, 0.3) is 5.56 Å². The molecule has 5 rings (SSSR count). The van der Waals surface area contributed by atoms with Crippen LogP contribution in [0.2, 0.25) is 0 Å². The van der Waals surface area contributed by atoms with E-state index in [0.717, 1.165) is 26.8 Å². The van der Waals surface area contributed by atoms with E-state index in [1.807, 2.05) is 73.0 Å². The minimum Gasteiger partial charge on any atom is -0.496 e. The third kappa shape index (κ3) is 4.51. The van der Waals surface area contributed by atoms with Crippen LogP contribution in [-0.2, 0) is 9.53 Å². The maximum absolute atomic E-state index is 14.0. The molecule has 0 radical (unpaired) electrons. The van der Waals surface area contributed by atoms with Crippen LogP contribution in [0.4, 0.5) is 0 Å². The van der Waals surface area contributed by atoms with E-state index in [4.69, 9.17) is 9.47 Å². The molecule has 0 saturated carbocycles. The van der Waals surface area contributed by atoms with E-state index in [1.165, 1.54) is 11.3 Å². The zero-order chi connectivity index (χ0) is 26.1. The fourth-order valence-corrected chi connectivity index (χ4v) is 6.11. The fraction of sp³-hybridized carbons (Fsp3) is 0.207. The largest absolute Gasteiger partial charge is 0.496 e. The Hall–Kier alpha value is -3.62. The van der Waals surface area contributed by atoms with Gasteiger partial charge in [0.15, 0.2) is 4.80 Å². The van der Waals surface area contributed by atoms with Gasteiger partial charge in [0, 0.05) is 10.5 Å². The first-order valence-corrected chi connectivity index (χ1v) is 13.9. The summed E-state index contributed by atoms with van der Waals surface area (Å²) in [6, 6.07) is 19.0. The van der Waals surface area contributed by atoms with E-state index in [2.05, 4.69) is 4.99 Å². The lowest BCUT2D eigenvalue weighted by molar-refractivity contribution is -0.139.